The van der Waals surface area contributed by atoms with E-state index in [-0.39, 0.29) is 19.0 Å². The van der Waals surface area contributed by atoms with Gasteiger partial charge in [0.05, 0.1) is 18.0 Å². The Morgan fingerprint density at radius 2 is 2.04 bits per heavy atom. The van der Waals surface area contributed by atoms with Crippen molar-refractivity contribution in [3.05, 3.63) is 48.2 Å². The van der Waals surface area contributed by atoms with E-state index >= 15 is 0 Å². The second kappa shape index (κ2) is 5.73. The van der Waals surface area contributed by atoms with E-state index in [0.717, 1.165) is 10.9 Å². The van der Waals surface area contributed by atoms with Crippen molar-refractivity contribution in [2.75, 3.05) is 6.54 Å². The maximum Gasteiger partial charge on any atom is 0.310 e. The monoisotopic (exact) mass is 339 g/mol. The van der Waals surface area contributed by atoms with Crippen molar-refractivity contribution in [2.45, 2.75) is 13.1 Å². The van der Waals surface area contributed by atoms with E-state index in [1.165, 1.54) is 4.90 Å². The zero-order valence-corrected chi connectivity index (χ0v) is 13.7. The first kappa shape index (κ1) is 15.4. The van der Waals surface area contributed by atoms with E-state index in [1.54, 1.807) is 28.7 Å². The third kappa shape index (κ3) is 2.55. The summed E-state index contributed by atoms with van der Waals surface area (Å²) in [5.41, 5.74) is 1.19. The molecule has 25 heavy (non-hydrogen) atoms. The molecule has 0 saturated heterocycles. The Kier molecular flexibility index (Phi) is 3.52. The van der Waals surface area contributed by atoms with Gasteiger partial charge in [-0.15, -0.1) is 0 Å². The summed E-state index contributed by atoms with van der Waals surface area (Å²) in [5, 5.41) is 14.6. The number of imidazole rings is 1. The van der Waals surface area contributed by atoms with Crippen LogP contribution in [0.2, 0.25) is 0 Å². The highest BCUT2D eigenvalue weighted by molar-refractivity contribution is 6.04. The number of carbonyl (C=O) groups is 2. The fourth-order valence-corrected chi connectivity index (χ4v) is 3.29. The van der Waals surface area contributed by atoms with Gasteiger partial charge in [0.1, 0.15) is 5.82 Å². The van der Waals surface area contributed by atoms with Crippen LogP contribution in [0.5, 0.6) is 0 Å². The molecule has 2 aromatic heterocycles. The fraction of sp³-hybridized carbons (Fsp3) is 0.294. The zero-order valence-electron chi connectivity index (χ0n) is 13.7. The van der Waals surface area contributed by atoms with Crippen LogP contribution < -0.4 is 0 Å². The lowest BCUT2D eigenvalue weighted by Gasteiger charge is -2.21. The molecule has 8 heteroatoms. The van der Waals surface area contributed by atoms with Gasteiger partial charge in [-0.25, -0.2) is 4.98 Å². The summed E-state index contributed by atoms with van der Waals surface area (Å²) in [7, 11) is 1.79. The average molecular weight is 339 g/mol. The molecule has 3 heterocycles. The van der Waals surface area contributed by atoms with Crippen molar-refractivity contribution in [3.63, 3.8) is 0 Å². The Morgan fingerprint density at radius 1 is 1.24 bits per heavy atom. The van der Waals surface area contributed by atoms with Crippen LogP contribution in [0, 0.1) is 5.92 Å². The Balaban J connectivity index is 1.74. The number of rotatable bonds is 2. The number of amides is 1. The molecule has 4 rings (SSSR count). The molecule has 1 unspecified atom stereocenters. The predicted octanol–water partition coefficient (Wildman–Crippen LogP) is 1.13. The number of hydrogen-bond donors (Lipinski definition) is 1. The molecule has 128 valence electrons. The summed E-state index contributed by atoms with van der Waals surface area (Å²) in [6.07, 6.45) is 3.37. The fourth-order valence-electron chi connectivity index (χ4n) is 3.29. The second-order valence-corrected chi connectivity index (χ2v) is 6.21. The minimum absolute atomic E-state index is 0.127. The van der Waals surface area contributed by atoms with Crippen LogP contribution in [-0.2, 0) is 24.9 Å². The van der Waals surface area contributed by atoms with Crippen molar-refractivity contribution in [2.24, 2.45) is 13.0 Å². The Hall–Kier alpha value is -3.16. The van der Waals surface area contributed by atoms with Crippen molar-refractivity contribution in [1.82, 2.24) is 24.2 Å². The highest BCUT2D eigenvalue weighted by atomic mass is 16.4. The standard InChI is InChI=1S/C17H17N5O3/c1-20-13-5-3-2-4-12(13)15(19-20)16(23)22-9-11(17(24)25)8-21-7-6-18-14(21)10-22/h2-7,11H,8-10H2,1H3,(H,24,25). The molecular formula is C17H17N5O3. The van der Waals surface area contributed by atoms with Crippen LogP contribution in [0.4, 0.5) is 0 Å². The van der Waals surface area contributed by atoms with E-state index in [0.29, 0.717) is 18.1 Å². The van der Waals surface area contributed by atoms with Crippen molar-refractivity contribution < 1.29 is 14.7 Å². The number of carbonyl (C=O) groups excluding carboxylic acids is 1. The molecule has 0 radical (unpaired) electrons. The topological polar surface area (TPSA) is 93.3 Å². The zero-order chi connectivity index (χ0) is 17.6. The van der Waals surface area contributed by atoms with Gasteiger partial charge in [0, 0.05) is 37.9 Å². The Bertz CT molecular complexity index is 974. The predicted molar refractivity (Wildman–Crippen MR) is 88.8 cm³/mol. The minimum atomic E-state index is -0.926. The van der Waals surface area contributed by atoms with Gasteiger partial charge in [0.25, 0.3) is 5.91 Å². The molecule has 1 amide bonds. The van der Waals surface area contributed by atoms with Gasteiger partial charge in [-0.2, -0.15) is 5.10 Å². The second-order valence-electron chi connectivity index (χ2n) is 6.21. The van der Waals surface area contributed by atoms with Crippen molar-refractivity contribution in [3.8, 4) is 0 Å². The van der Waals surface area contributed by atoms with Gasteiger partial charge in [-0.05, 0) is 6.07 Å². The van der Waals surface area contributed by atoms with E-state index < -0.39 is 11.9 Å². The number of carboxylic acid groups (broad SMARTS) is 1. The molecule has 0 bridgehead atoms. The van der Waals surface area contributed by atoms with Gasteiger partial charge in [0.2, 0.25) is 0 Å². The minimum Gasteiger partial charge on any atom is -0.481 e. The molecule has 0 fully saturated rings. The largest absolute Gasteiger partial charge is 0.481 e. The van der Waals surface area contributed by atoms with Crippen LogP contribution >= 0.6 is 0 Å². The first-order valence-electron chi connectivity index (χ1n) is 7.98. The number of hydrogen-bond acceptors (Lipinski definition) is 4. The highest BCUT2D eigenvalue weighted by Crippen LogP contribution is 2.22. The Labute approximate surface area is 143 Å². The average Bonchev–Trinajstić information content (AvgIpc) is 3.12. The van der Waals surface area contributed by atoms with Crippen LogP contribution in [0.25, 0.3) is 10.9 Å². The lowest BCUT2D eigenvalue weighted by molar-refractivity contribution is -0.142. The van der Waals surface area contributed by atoms with Gasteiger partial charge in [-0.3, -0.25) is 14.3 Å². The molecule has 1 atom stereocenters. The third-order valence-corrected chi connectivity index (χ3v) is 4.59. The van der Waals surface area contributed by atoms with Crippen molar-refractivity contribution >= 4 is 22.8 Å². The first-order valence-corrected chi connectivity index (χ1v) is 7.98. The highest BCUT2D eigenvalue weighted by Gasteiger charge is 2.31. The molecule has 1 aromatic carbocycles. The molecule has 1 aliphatic heterocycles. The molecule has 0 aliphatic carbocycles. The maximum atomic E-state index is 13.1. The summed E-state index contributed by atoms with van der Waals surface area (Å²) >= 11 is 0. The molecule has 0 saturated carbocycles. The molecule has 3 aromatic rings. The number of fused-ring (bicyclic) bond motifs is 2. The SMILES string of the molecule is Cn1nc(C(=O)N2Cc3nccn3CC(C(=O)O)C2)c2ccccc21. The number of aromatic nitrogens is 4. The van der Waals surface area contributed by atoms with Gasteiger partial charge >= 0.3 is 5.97 Å². The number of para-hydroxylation sites is 1. The molecule has 1 N–H and O–H groups in total. The van der Waals surface area contributed by atoms with Gasteiger partial charge in [-0.1, -0.05) is 18.2 Å². The third-order valence-electron chi connectivity index (χ3n) is 4.59. The van der Waals surface area contributed by atoms with Gasteiger partial charge in [0.15, 0.2) is 5.69 Å². The lowest BCUT2D eigenvalue weighted by Crippen LogP contribution is -2.37. The van der Waals surface area contributed by atoms with Crippen LogP contribution in [0.15, 0.2) is 36.7 Å². The van der Waals surface area contributed by atoms with Crippen LogP contribution in [0.1, 0.15) is 16.3 Å². The normalized spacial score (nSPS) is 17.3. The van der Waals surface area contributed by atoms with E-state index in [1.807, 2.05) is 24.3 Å². The molecular weight excluding hydrogens is 322 g/mol. The van der Waals surface area contributed by atoms with E-state index in [2.05, 4.69) is 10.1 Å². The number of nitrogens with zero attached hydrogens (tertiary/aromatic N) is 5. The summed E-state index contributed by atoms with van der Waals surface area (Å²) < 4.78 is 3.46. The van der Waals surface area contributed by atoms with Crippen LogP contribution in [0.3, 0.4) is 0 Å². The number of carboxylic acids is 1. The lowest BCUT2D eigenvalue weighted by atomic mass is 10.1. The smallest absolute Gasteiger partial charge is 0.310 e. The Morgan fingerprint density at radius 3 is 2.84 bits per heavy atom. The van der Waals surface area contributed by atoms with Crippen molar-refractivity contribution in [1.29, 1.82) is 0 Å². The maximum absolute atomic E-state index is 13.1. The first-order chi connectivity index (χ1) is 12.0. The summed E-state index contributed by atoms with van der Waals surface area (Å²) in [5.74, 6) is -1.21. The summed E-state index contributed by atoms with van der Waals surface area (Å²) in [6, 6.07) is 7.49. The number of benzene rings is 1. The van der Waals surface area contributed by atoms with E-state index in [4.69, 9.17) is 0 Å². The molecule has 8 nitrogen and oxygen atoms in total. The summed E-state index contributed by atoms with van der Waals surface area (Å²) in [6.45, 7) is 0.695. The summed E-state index contributed by atoms with van der Waals surface area (Å²) in [4.78, 5) is 30.5. The number of aryl methyl sites for hydroxylation is 1. The molecule has 1 aliphatic rings. The van der Waals surface area contributed by atoms with Crippen LogP contribution in [-0.4, -0.2) is 47.8 Å². The molecule has 0 spiro atoms. The quantitative estimate of drug-likeness (QED) is 0.755. The van der Waals surface area contributed by atoms with E-state index in [9.17, 15) is 14.7 Å². The number of aliphatic carboxylic acids is 1. The van der Waals surface area contributed by atoms with Gasteiger partial charge < -0.3 is 14.6 Å².